The molecule has 0 fully saturated rings. The van der Waals surface area contributed by atoms with Gasteiger partial charge in [-0.2, -0.15) is 8.78 Å². The zero-order chi connectivity index (χ0) is 14.7. The Balaban J connectivity index is 2.33. The van der Waals surface area contributed by atoms with Crippen LogP contribution in [0.3, 0.4) is 0 Å². The Kier molecular flexibility index (Phi) is 4.35. The smallest absolute Gasteiger partial charge is 0.266 e. The van der Waals surface area contributed by atoms with E-state index in [1.165, 1.54) is 12.1 Å². The molecule has 2 aromatic rings. The number of nitrogens with two attached hydrogens (primary N) is 1. The van der Waals surface area contributed by atoms with Gasteiger partial charge in [0.1, 0.15) is 0 Å². The summed E-state index contributed by atoms with van der Waals surface area (Å²) < 4.78 is 25.4. The zero-order valence-electron chi connectivity index (χ0n) is 10.0. The topological polar surface area (TPSA) is 72.1 Å². The monoisotopic (exact) mass is 342 g/mol. The van der Waals surface area contributed by atoms with E-state index in [-0.39, 0.29) is 5.69 Å². The van der Waals surface area contributed by atoms with Crippen molar-refractivity contribution >= 4 is 27.5 Å². The summed E-state index contributed by atoms with van der Waals surface area (Å²) in [4.78, 5) is 19.3. The molecule has 8 heteroatoms. The fourth-order valence-electron chi connectivity index (χ4n) is 1.49. The van der Waals surface area contributed by atoms with Crippen LogP contribution in [0.1, 0.15) is 0 Å². The number of alkyl halides is 2. The Bertz CT molecular complexity index is 621. The molecule has 0 saturated carbocycles. The molecule has 0 saturated heterocycles. The van der Waals surface area contributed by atoms with E-state index < -0.39 is 12.3 Å². The summed E-state index contributed by atoms with van der Waals surface area (Å²) in [5, 5.41) is 0.410. The van der Waals surface area contributed by atoms with Crippen LogP contribution in [0.5, 0.6) is 0 Å². The molecule has 0 bridgehead atoms. The first-order valence-electron chi connectivity index (χ1n) is 5.44. The van der Waals surface area contributed by atoms with E-state index in [0.717, 1.165) is 0 Å². The van der Waals surface area contributed by atoms with Gasteiger partial charge in [-0.3, -0.25) is 4.79 Å². The summed E-state index contributed by atoms with van der Waals surface area (Å²) in [5.41, 5.74) is 0.701. The van der Waals surface area contributed by atoms with Gasteiger partial charge in [-0.15, -0.1) is 0 Å². The van der Waals surface area contributed by atoms with Crippen molar-refractivity contribution < 1.29 is 13.6 Å². The van der Waals surface area contributed by atoms with E-state index >= 15 is 0 Å². The van der Waals surface area contributed by atoms with Crippen LogP contribution in [-0.4, -0.2) is 22.3 Å². The van der Waals surface area contributed by atoms with Crippen molar-refractivity contribution in [1.82, 2.24) is 9.97 Å². The lowest BCUT2D eigenvalue weighted by Gasteiger charge is -2.16. The van der Waals surface area contributed by atoms with Crippen molar-refractivity contribution in [2.45, 2.75) is 6.43 Å². The molecule has 2 N–H and O–H groups in total. The molecule has 1 amide bonds. The van der Waals surface area contributed by atoms with E-state index in [2.05, 4.69) is 25.9 Å². The van der Waals surface area contributed by atoms with Crippen molar-refractivity contribution in [3.63, 3.8) is 0 Å². The van der Waals surface area contributed by atoms with Crippen molar-refractivity contribution in [3.8, 4) is 11.4 Å². The second-order valence-corrected chi connectivity index (χ2v) is 4.70. The summed E-state index contributed by atoms with van der Waals surface area (Å²) in [5.74, 6) is 4.29. The first-order valence-corrected chi connectivity index (χ1v) is 6.23. The van der Waals surface area contributed by atoms with Gasteiger partial charge >= 0.3 is 12.3 Å². The Labute approximate surface area is 121 Å². The molecule has 0 spiro atoms. The average Bonchev–Trinajstić information content (AvgIpc) is 2.46. The number of carbonyl (C=O) groups excluding carboxylic acids is 1. The number of hydrogen-bond acceptors (Lipinski definition) is 4. The maximum Gasteiger partial charge on any atom is 0.317 e. The lowest BCUT2D eigenvalue weighted by atomic mass is 10.2. The first kappa shape index (κ1) is 14.5. The van der Waals surface area contributed by atoms with Crippen molar-refractivity contribution in [3.05, 3.63) is 41.1 Å². The number of benzene rings is 1. The average molecular weight is 343 g/mol. The molecule has 104 valence electrons. The quantitative estimate of drug-likeness (QED) is 0.528. The highest BCUT2D eigenvalue weighted by atomic mass is 79.9. The van der Waals surface area contributed by atoms with Gasteiger partial charge in [0.25, 0.3) is 0 Å². The lowest BCUT2D eigenvalue weighted by Crippen LogP contribution is -2.41. The first-order chi connectivity index (χ1) is 9.49. The number of rotatable bonds is 3. The largest absolute Gasteiger partial charge is 0.317 e. The van der Waals surface area contributed by atoms with Crippen LogP contribution in [0.15, 0.2) is 41.1 Å². The number of carbonyl (C=O) groups is 1. The standard InChI is InChI=1S/C12H9BrF2N4O/c13-8-5-17-11(18-6-8)7-2-1-3-9(4-7)19(16)12(20)10(14)15/h1-6,10H,16H2. The molecule has 5 nitrogen and oxygen atoms in total. The van der Waals surface area contributed by atoms with Crippen LogP contribution in [0.2, 0.25) is 0 Å². The SMILES string of the molecule is NN(C(=O)C(F)F)c1cccc(-c2ncc(Br)cn2)c1. The number of halogens is 3. The summed E-state index contributed by atoms with van der Waals surface area (Å²) in [6, 6.07) is 6.17. The third-order valence-electron chi connectivity index (χ3n) is 2.43. The van der Waals surface area contributed by atoms with Gasteiger partial charge < -0.3 is 0 Å². The van der Waals surface area contributed by atoms with Crippen molar-refractivity contribution in [2.75, 3.05) is 5.01 Å². The molecule has 1 aromatic carbocycles. The van der Waals surface area contributed by atoms with Crippen LogP contribution in [0, 0.1) is 0 Å². The van der Waals surface area contributed by atoms with Crippen LogP contribution in [0.25, 0.3) is 11.4 Å². The Morgan fingerprint density at radius 1 is 1.30 bits per heavy atom. The Morgan fingerprint density at radius 2 is 1.95 bits per heavy atom. The third-order valence-corrected chi connectivity index (χ3v) is 2.84. The van der Waals surface area contributed by atoms with Crippen LogP contribution in [-0.2, 0) is 4.79 Å². The van der Waals surface area contributed by atoms with Crippen molar-refractivity contribution in [2.24, 2.45) is 5.84 Å². The summed E-state index contributed by atoms with van der Waals surface area (Å²) in [6.07, 6.45) is -0.0495. The van der Waals surface area contributed by atoms with Gasteiger partial charge in [0, 0.05) is 18.0 Å². The zero-order valence-corrected chi connectivity index (χ0v) is 11.6. The van der Waals surface area contributed by atoms with Gasteiger partial charge in [-0.25, -0.2) is 20.8 Å². The molecule has 0 radical (unpaired) electrons. The normalized spacial score (nSPS) is 10.7. The van der Waals surface area contributed by atoms with Gasteiger partial charge in [0.15, 0.2) is 5.82 Å². The predicted molar refractivity (Wildman–Crippen MR) is 72.8 cm³/mol. The number of aromatic nitrogens is 2. The molecule has 0 aliphatic heterocycles. The summed E-state index contributed by atoms with van der Waals surface area (Å²) >= 11 is 3.21. The van der Waals surface area contributed by atoms with Crippen LogP contribution in [0.4, 0.5) is 14.5 Å². The fourth-order valence-corrected chi connectivity index (χ4v) is 1.69. The second kappa shape index (κ2) is 6.02. The van der Waals surface area contributed by atoms with E-state index in [1.54, 1.807) is 24.5 Å². The van der Waals surface area contributed by atoms with Crippen LogP contribution >= 0.6 is 15.9 Å². The minimum atomic E-state index is -3.16. The molecule has 2 rings (SSSR count). The molecule has 20 heavy (non-hydrogen) atoms. The molecule has 0 aliphatic rings. The minimum Gasteiger partial charge on any atom is -0.266 e. The molecule has 0 aliphatic carbocycles. The number of amides is 1. The molecule has 0 unspecified atom stereocenters. The van der Waals surface area contributed by atoms with E-state index in [1.807, 2.05) is 0 Å². The van der Waals surface area contributed by atoms with E-state index in [0.29, 0.717) is 20.9 Å². The maximum absolute atomic E-state index is 12.3. The lowest BCUT2D eigenvalue weighted by molar-refractivity contribution is -0.129. The highest BCUT2D eigenvalue weighted by Gasteiger charge is 2.22. The Morgan fingerprint density at radius 3 is 2.55 bits per heavy atom. The number of anilines is 1. The van der Waals surface area contributed by atoms with Gasteiger partial charge in [-0.05, 0) is 28.1 Å². The van der Waals surface area contributed by atoms with Crippen LogP contribution < -0.4 is 10.9 Å². The molecule has 1 heterocycles. The number of hydrazine groups is 1. The highest BCUT2D eigenvalue weighted by Crippen LogP contribution is 2.22. The molecular formula is C12H9BrF2N4O. The Hall–Kier alpha value is -1.93. The number of nitrogens with zero attached hydrogens (tertiary/aromatic N) is 3. The third kappa shape index (κ3) is 3.14. The molecule has 0 atom stereocenters. The van der Waals surface area contributed by atoms with Gasteiger partial charge in [0.05, 0.1) is 10.2 Å². The maximum atomic E-state index is 12.3. The summed E-state index contributed by atoms with van der Waals surface area (Å²) in [7, 11) is 0. The van der Waals surface area contributed by atoms with Gasteiger partial charge in [0.2, 0.25) is 0 Å². The predicted octanol–water partition coefficient (Wildman–Crippen LogP) is 2.38. The second-order valence-electron chi connectivity index (χ2n) is 3.78. The molecular weight excluding hydrogens is 334 g/mol. The van der Waals surface area contributed by atoms with Gasteiger partial charge in [-0.1, -0.05) is 12.1 Å². The minimum absolute atomic E-state index is 0.138. The van der Waals surface area contributed by atoms with Crippen molar-refractivity contribution in [1.29, 1.82) is 0 Å². The van der Waals surface area contributed by atoms with E-state index in [9.17, 15) is 13.6 Å². The number of hydrogen-bond donors (Lipinski definition) is 1. The fraction of sp³-hybridized carbons (Fsp3) is 0.0833. The highest BCUT2D eigenvalue weighted by molar-refractivity contribution is 9.10. The molecule has 1 aromatic heterocycles. The summed E-state index contributed by atoms with van der Waals surface area (Å²) in [6.45, 7) is 0. The van der Waals surface area contributed by atoms with E-state index in [4.69, 9.17) is 5.84 Å².